The Morgan fingerprint density at radius 1 is 0.404 bits per heavy atom. The molecular weight excluding hydrogens is 701 g/mol. The second kappa shape index (κ2) is 42.1. The molecule has 0 radical (unpaired) electrons. The molecule has 2 unspecified atom stereocenters. The van der Waals surface area contributed by atoms with Crippen molar-refractivity contribution in [2.75, 3.05) is 13.2 Å². The number of aliphatic hydroxyl groups is 2. The molecule has 0 aromatic heterocycles. The summed E-state index contributed by atoms with van der Waals surface area (Å²) in [6, 6.07) is 0. The summed E-state index contributed by atoms with van der Waals surface area (Å²) < 4.78 is 6.47. The predicted molar refractivity (Wildman–Crippen MR) is 251 cm³/mol. The third kappa shape index (κ3) is 29.3. The van der Waals surface area contributed by atoms with Crippen molar-refractivity contribution in [3.05, 3.63) is 0 Å². The highest BCUT2D eigenvalue weighted by molar-refractivity contribution is 5.78. The van der Waals surface area contributed by atoms with E-state index in [1.165, 1.54) is 193 Å². The zero-order valence-corrected chi connectivity index (χ0v) is 39.9. The Bertz CT molecular complexity index is 797. The number of unbranched alkanes of at least 4 members (excludes halogenated alkanes) is 32. The van der Waals surface area contributed by atoms with Gasteiger partial charge in [-0.15, -0.1) is 0 Å². The van der Waals surface area contributed by atoms with E-state index in [2.05, 4.69) is 34.6 Å². The molecule has 342 valence electrons. The summed E-state index contributed by atoms with van der Waals surface area (Å²) >= 11 is 0. The summed E-state index contributed by atoms with van der Waals surface area (Å²) in [7, 11) is 0. The van der Waals surface area contributed by atoms with E-state index < -0.39 is 11.5 Å². The number of hydrogen-bond donors (Lipinski definition) is 2. The van der Waals surface area contributed by atoms with Gasteiger partial charge in [-0.1, -0.05) is 266 Å². The van der Waals surface area contributed by atoms with Gasteiger partial charge >= 0.3 is 5.97 Å². The molecule has 0 saturated heterocycles. The number of rotatable bonds is 47. The van der Waals surface area contributed by atoms with Crippen LogP contribution in [0.4, 0.5) is 0 Å². The Morgan fingerprint density at radius 2 is 0.667 bits per heavy atom. The Balaban J connectivity index is 6.43. The fourth-order valence-electron chi connectivity index (χ4n) is 9.91. The van der Waals surface area contributed by atoms with Gasteiger partial charge in [0.05, 0.1) is 24.7 Å². The summed E-state index contributed by atoms with van der Waals surface area (Å²) in [5.41, 5.74) is -0.968. The van der Waals surface area contributed by atoms with Crippen molar-refractivity contribution >= 4 is 5.97 Å². The highest BCUT2D eigenvalue weighted by Gasteiger charge is 2.56. The van der Waals surface area contributed by atoms with E-state index in [0.29, 0.717) is 13.0 Å². The van der Waals surface area contributed by atoms with Crippen LogP contribution in [0.15, 0.2) is 0 Å². The van der Waals surface area contributed by atoms with Crippen molar-refractivity contribution in [1.82, 2.24) is 0 Å². The van der Waals surface area contributed by atoms with Crippen LogP contribution in [0.25, 0.3) is 0 Å². The fraction of sp³-hybridized carbons (Fsp3) is 0.981. The summed E-state index contributed by atoms with van der Waals surface area (Å²) in [4.78, 5) is 15.1. The van der Waals surface area contributed by atoms with E-state index in [1.807, 2.05) is 0 Å². The van der Waals surface area contributed by atoms with Crippen molar-refractivity contribution < 1.29 is 19.7 Å². The van der Waals surface area contributed by atoms with Gasteiger partial charge in [0, 0.05) is 0 Å². The van der Waals surface area contributed by atoms with E-state index >= 15 is 4.79 Å². The highest BCUT2D eigenvalue weighted by atomic mass is 16.5. The second-order valence-corrected chi connectivity index (χ2v) is 18.9. The highest BCUT2D eigenvalue weighted by Crippen LogP contribution is 2.57. The molecule has 0 spiro atoms. The Hall–Kier alpha value is -0.610. The van der Waals surface area contributed by atoms with Gasteiger partial charge < -0.3 is 14.9 Å². The summed E-state index contributed by atoms with van der Waals surface area (Å²) in [6.45, 7) is 11.6. The zero-order valence-electron chi connectivity index (χ0n) is 39.9. The summed E-state index contributed by atoms with van der Waals surface area (Å²) in [5, 5.41) is 21.9. The molecule has 0 bridgehead atoms. The second-order valence-electron chi connectivity index (χ2n) is 18.9. The van der Waals surface area contributed by atoms with E-state index in [-0.39, 0.29) is 18.0 Å². The maximum absolute atomic E-state index is 15.1. The SMILES string of the molecule is CCCCCCCCCCCCCCCC(CCCCCCCC)(CCCCCCCC)C(CCCCCCCC)(CC(O)CO)C(=O)OCCCCCCCC. The molecule has 4 nitrogen and oxygen atoms in total. The molecule has 0 aliphatic carbocycles. The van der Waals surface area contributed by atoms with Gasteiger partial charge in [-0.05, 0) is 43.9 Å². The lowest BCUT2D eigenvalue weighted by molar-refractivity contribution is -0.175. The van der Waals surface area contributed by atoms with Crippen LogP contribution in [0.3, 0.4) is 0 Å². The van der Waals surface area contributed by atoms with E-state index in [4.69, 9.17) is 4.74 Å². The number of ether oxygens (including phenoxy) is 1. The first-order chi connectivity index (χ1) is 27.9. The quantitative estimate of drug-likeness (QED) is 0.0475. The van der Waals surface area contributed by atoms with E-state index in [1.54, 1.807) is 0 Å². The van der Waals surface area contributed by atoms with Crippen molar-refractivity contribution in [2.45, 2.75) is 310 Å². The smallest absolute Gasteiger partial charge is 0.312 e. The molecule has 0 aromatic carbocycles. The van der Waals surface area contributed by atoms with Gasteiger partial charge in [-0.25, -0.2) is 0 Å². The van der Waals surface area contributed by atoms with Crippen molar-refractivity contribution in [3.8, 4) is 0 Å². The molecule has 0 aliphatic heterocycles. The third-order valence-corrected chi connectivity index (χ3v) is 13.7. The lowest BCUT2D eigenvalue weighted by Gasteiger charge is -2.51. The normalized spacial score (nSPS) is 13.6. The minimum atomic E-state index is -0.896. The van der Waals surface area contributed by atoms with Gasteiger partial charge in [0.2, 0.25) is 0 Å². The lowest BCUT2D eigenvalue weighted by Crippen LogP contribution is -2.51. The first kappa shape index (κ1) is 56.4. The number of esters is 1. The molecule has 0 rings (SSSR count). The van der Waals surface area contributed by atoms with Gasteiger partial charge in [-0.2, -0.15) is 0 Å². The van der Waals surface area contributed by atoms with Gasteiger partial charge in [0.15, 0.2) is 0 Å². The van der Waals surface area contributed by atoms with E-state index in [0.717, 1.165) is 70.6 Å². The molecular formula is C53H106O4. The maximum Gasteiger partial charge on any atom is 0.312 e. The average molecular weight is 807 g/mol. The molecule has 57 heavy (non-hydrogen) atoms. The zero-order chi connectivity index (χ0) is 42.0. The summed E-state index contributed by atoms with van der Waals surface area (Å²) in [5.74, 6) is -0.0382. The maximum atomic E-state index is 15.1. The monoisotopic (exact) mass is 807 g/mol. The van der Waals surface area contributed by atoms with Crippen LogP contribution < -0.4 is 0 Å². The van der Waals surface area contributed by atoms with Crippen molar-refractivity contribution in [2.24, 2.45) is 10.8 Å². The molecule has 2 N–H and O–H groups in total. The Morgan fingerprint density at radius 3 is 0.965 bits per heavy atom. The van der Waals surface area contributed by atoms with Crippen LogP contribution in [-0.4, -0.2) is 35.5 Å². The number of hydrogen-bond acceptors (Lipinski definition) is 4. The molecule has 0 aromatic rings. The predicted octanol–water partition coefficient (Wildman–Crippen LogP) is 17.3. The third-order valence-electron chi connectivity index (χ3n) is 13.7. The molecule has 4 heteroatoms. The van der Waals surface area contributed by atoms with Crippen LogP contribution in [-0.2, 0) is 9.53 Å². The first-order valence-corrected chi connectivity index (χ1v) is 26.4. The molecule has 0 fully saturated rings. The van der Waals surface area contributed by atoms with Gasteiger partial charge in [0.25, 0.3) is 0 Å². The first-order valence-electron chi connectivity index (χ1n) is 26.4. The van der Waals surface area contributed by atoms with Gasteiger partial charge in [-0.3, -0.25) is 4.79 Å². The van der Waals surface area contributed by atoms with Gasteiger partial charge in [0.1, 0.15) is 0 Å². The topological polar surface area (TPSA) is 66.8 Å². The van der Waals surface area contributed by atoms with Crippen LogP contribution in [0.5, 0.6) is 0 Å². The molecule has 2 atom stereocenters. The largest absolute Gasteiger partial charge is 0.465 e. The summed E-state index contributed by atoms with van der Waals surface area (Å²) in [6.07, 6.45) is 49.9. The average Bonchev–Trinajstić information content (AvgIpc) is 3.22. The van der Waals surface area contributed by atoms with E-state index in [9.17, 15) is 10.2 Å². The molecule has 0 heterocycles. The van der Waals surface area contributed by atoms with Crippen LogP contribution >= 0.6 is 0 Å². The van der Waals surface area contributed by atoms with Crippen molar-refractivity contribution in [1.29, 1.82) is 0 Å². The fourth-order valence-corrected chi connectivity index (χ4v) is 9.91. The van der Waals surface area contributed by atoms with Crippen LogP contribution in [0, 0.1) is 10.8 Å². The van der Waals surface area contributed by atoms with Crippen LogP contribution in [0.1, 0.15) is 304 Å². The van der Waals surface area contributed by atoms with Crippen molar-refractivity contribution in [3.63, 3.8) is 0 Å². The molecule has 0 amide bonds. The molecule has 0 saturated carbocycles. The Labute approximate surface area is 359 Å². The minimum Gasteiger partial charge on any atom is -0.465 e. The number of carbonyl (C=O) groups is 1. The number of carbonyl (C=O) groups excluding carboxylic acids is 1. The minimum absolute atomic E-state index is 0.0382. The van der Waals surface area contributed by atoms with Crippen LogP contribution in [0.2, 0.25) is 0 Å². The molecule has 0 aliphatic rings. The lowest BCUT2D eigenvalue weighted by atomic mass is 9.53. The standard InChI is InChI=1S/C53H106O4/c1-6-11-16-21-26-27-28-29-30-31-32-35-40-45-52(43-38-33-22-17-12-7-2,44-39-34-23-18-13-8-3)53(48-50(55)49-54,46-41-36-24-19-14-9-4)51(56)57-47-42-37-25-20-15-10-5/h50,54-55H,6-49H2,1-5H3. The Kier molecular flexibility index (Phi) is 41.6. The number of aliphatic hydroxyl groups excluding tert-OH is 2.